The Balaban J connectivity index is 0.000000165. The van der Waals surface area contributed by atoms with Gasteiger partial charge in [0.25, 0.3) is 0 Å². The summed E-state index contributed by atoms with van der Waals surface area (Å²) >= 11 is 4.80. The second-order valence-corrected chi connectivity index (χ2v) is 53.8. The molecule has 6 aliphatic carbocycles. The van der Waals surface area contributed by atoms with Crippen LogP contribution >= 0.6 is 34.0 Å². The fraction of sp³-hybridized carbons (Fsp3) is 0.755. The largest absolute Gasteiger partial charge is 0.351 e. The van der Waals surface area contributed by atoms with Crippen molar-refractivity contribution < 1.29 is 60.0 Å². The first-order chi connectivity index (χ1) is 70.2. The van der Waals surface area contributed by atoms with E-state index in [1.807, 2.05) is 81.9 Å². The van der Waals surface area contributed by atoms with Gasteiger partial charge < -0.3 is 76.8 Å². The van der Waals surface area contributed by atoms with Crippen molar-refractivity contribution in [1.82, 2.24) is 90.9 Å². The van der Waals surface area contributed by atoms with Crippen molar-refractivity contribution in [1.29, 1.82) is 0 Å². The number of sulfonamides is 1. The number of urea groups is 3. The molecule has 9 atom stereocenters. The summed E-state index contributed by atoms with van der Waals surface area (Å²) in [6, 6.07) is 21.4. The fourth-order valence-corrected chi connectivity index (χ4v) is 28.0. The summed E-state index contributed by atoms with van der Waals surface area (Å²) in [6.45, 7) is 13.0. The smallest absolute Gasteiger partial charge is 0.317 e. The molecular formula is C110H174N18O13S5. The molecule has 36 heteroatoms. The zero-order valence-electron chi connectivity index (χ0n) is 88.5. The average molecular weight is 2120 g/mol. The van der Waals surface area contributed by atoms with Crippen LogP contribution in [0.15, 0.2) is 82.9 Å². The zero-order chi connectivity index (χ0) is 103. The second-order valence-electron chi connectivity index (χ2n) is 46.4. The number of carbonyl (C=O) groups is 9. The predicted octanol–water partition coefficient (Wildman–Crippen LogP) is 13.6. The Kier molecular flexibility index (Phi) is 41.1. The van der Waals surface area contributed by atoms with Gasteiger partial charge in [-0.15, -0.1) is 34.0 Å². The summed E-state index contributed by atoms with van der Waals surface area (Å²) in [6.07, 6.45) is 42.9. The highest BCUT2D eigenvalue weighted by atomic mass is 32.2. The van der Waals surface area contributed by atoms with E-state index in [1.165, 1.54) is 112 Å². The van der Waals surface area contributed by atoms with Gasteiger partial charge in [-0.25, -0.2) is 35.5 Å². The number of amides is 12. The molecule has 10 heterocycles. The van der Waals surface area contributed by atoms with Gasteiger partial charge in [0.2, 0.25) is 45.5 Å². The maximum Gasteiger partial charge on any atom is 0.317 e. The normalized spacial score (nSPS) is 25.3. The van der Waals surface area contributed by atoms with E-state index >= 15 is 0 Å². The number of hydrogen-bond acceptors (Lipinski definition) is 21. The van der Waals surface area contributed by atoms with E-state index < -0.39 is 43.7 Å². The van der Waals surface area contributed by atoms with E-state index in [0.29, 0.717) is 137 Å². The first kappa shape index (κ1) is 113. The Labute approximate surface area is 883 Å². The van der Waals surface area contributed by atoms with E-state index in [1.54, 1.807) is 41.1 Å². The van der Waals surface area contributed by atoms with Crippen LogP contribution in [0.4, 0.5) is 14.4 Å². The van der Waals surface area contributed by atoms with Gasteiger partial charge in [-0.2, -0.15) is 0 Å². The van der Waals surface area contributed by atoms with E-state index in [4.69, 9.17) is 0 Å². The Morgan fingerprint density at radius 3 is 1.17 bits per heavy atom. The molecule has 1 aromatic carbocycles. The second kappa shape index (κ2) is 53.2. The molecule has 7 saturated heterocycles. The molecule has 6 saturated carbocycles. The Hall–Kier alpha value is -7.39. The Bertz CT molecular complexity index is 5040. The number of rotatable bonds is 40. The van der Waals surface area contributed by atoms with Crippen LogP contribution < -0.4 is 42.5 Å². The number of sulfone groups is 1. The van der Waals surface area contributed by atoms with Crippen molar-refractivity contribution in [2.45, 2.75) is 337 Å². The van der Waals surface area contributed by atoms with E-state index in [2.05, 4.69) is 109 Å². The molecule has 0 radical (unpaired) electrons. The number of hydrogen-bond donors (Lipinski definition) is 8. The standard InChI is InChI=1S/C43H65N7O3S.C34H55N5O5S2.C33H54N6O5S2/c1-47(2)23-7-6-12-38(45-34-13-16-43(17-14-34)20-25-48(32-43)30-33-9-4-3-5-10-33)40(52)50-24-15-37(36(31-50)39(51)44-29-35-11-8-28-54-35)46-41(53)49-26-21-42(18-19-42)22-27-49;1-37(26-10-5-3-6-11-26)30(13-7-4-8-23-46(2,43)44)32(41)39-19-14-29(28(25-39)31(40)35-24-27-12-9-22-45-27)36-33(42)38-20-17-34(15-16-34)18-21-38;1-37(46(2,43)44)18-7-6-12-29(35-25-9-4-3-5-10-25)31(41)39-19-13-28(27(24-39)30(40)34-23-26-11-8-22-45-26)36-32(42)38-20-16-33(14-15-33)17-21-38/h3-5,8-11,28,34,36-38,45H,6-7,12-27,29-32H2,1-2H3,(H,44,51)(H,46,53);9,12,22,26,28-30H,3-8,10-11,13-21,23-25H2,1-2H3,(H,35,40)(H,36,42);8,11,22,25,27-29,35H,3-7,9-10,12-21,23-24H2,1-2H3,(H,34,40)(H,36,42)/t34?,36-,37+,38+,43?;28-,29+,30+;27-,28+,29+/m000/s1. The molecule has 8 N–H and O–H groups in total. The molecule has 13 aliphatic rings. The minimum Gasteiger partial charge on any atom is -0.351 e. The van der Waals surface area contributed by atoms with Gasteiger partial charge in [0.15, 0.2) is 0 Å². The summed E-state index contributed by atoms with van der Waals surface area (Å²) in [5.74, 6) is -1.65. The maximum absolute atomic E-state index is 14.5. The summed E-state index contributed by atoms with van der Waals surface area (Å²) in [5.41, 5.74) is 3.22. The average Bonchev–Trinajstić information content (AvgIpc) is 1.65. The molecule has 4 aromatic rings. The third-order valence-electron chi connectivity index (χ3n) is 35.4. The van der Waals surface area contributed by atoms with Crippen LogP contribution in [-0.2, 0) is 74.8 Å². The van der Waals surface area contributed by atoms with Crippen LogP contribution in [0.25, 0.3) is 0 Å². The van der Waals surface area contributed by atoms with Gasteiger partial charge in [0.05, 0.1) is 61.8 Å². The Morgan fingerprint density at radius 2 is 0.781 bits per heavy atom. The summed E-state index contributed by atoms with van der Waals surface area (Å²) in [7, 11) is 1.60. The SMILES string of the molecule is CN(C)CCCC[C@@H](NC1CCC2(CC1)CCN(Cc1ccccc1)C2)C(=O)N1CC[C@@H](NC(=O)N2CCC3(CC2)CC3)[C@@H](C(=O)NCc2cccs2)C1.CN(C1CCCCC1)[C@H](CCCCCS(C)(=O)=O)C(=O)N1CC[C@@H](NC(=O)N2CCC3(CC2)CC3)[C@@H](C(=O)NCc2cccs2)C1.CN(CCCC[C@@H](NC1CCCCC1)C(=O)N1CC[C@@H](NC(=O)N2CCC3(CC2)CC3)[C@@H](C(=O)NCc2cccs2)C1)S(C)(=O)=O. The number of piperidine rings is 6. The number of nitrogens with one attached hydrogen (secondary N) is 8. The van der Waals surface area contributed by atoms with Gasteiger partial charge in [-0.1, -0.05) is 113 Å². The van der Waals surface area contributed by atoms with Gasteiger partial charge in [-0.3, -0.25) is 38.6 Å². The lowest BCUT2D eigenvalue weighted by atomic mass is 9.72. The molecule has 31 nitrogen and oxygen atoms in total. The maximum atomic E-state index is 14.5. The zero-order valence-corrected chi connectivity index (χ0v) is 92.5. The first-order valence-electron chi connectivity index (χ1n) is 55.9. The number of benzene rings is 1. The summed E-state index contributed by atoms with van der Waals surface area (Å²) in [4.78, 5) is 146. The molecule has 12 amide bonds. The minimum atomic E-state index is -3.24. The molecular weight excluding hydrogens is 1940 g/mol. The van der Waals surface area contributed by atoms with Crippen LogP contribution in [0.5, 0.6) is 0 Å². The van der Waals surface area contributed by atoms with Crippen molar-refractivity contribution in [3.63, 3.8) is 0 Å². The van der Waals surface area contributed by atoms with Gasteiger partial charge >= 0.3 is 18.1 Å². The first-order valence-corrected chi connectivity index (χ1v) is 62.5. The number of carbonyl (C=O) groups excluding carboxylic acids is 9. The molecule has 17 rings (SSSR count). The monoisotopic (exact) mass is 2120 g/mol. The third kappa shape index (κ3) is 33.3. The molecule has 0 bridgehead atoms. The highest BCUT2D eigenvalue weighted by Gasteiger charge is 2.51. The van der Waals surface area contributed by atoms with E-state index in [-0.39, 0.29) is 109 Å². The van der Waals surface area contributed by atoms with Crippen molar-refractivity contribution in [3.05, 3.63) is 103 Å². The molecule has 146 heavy (non-hydrogen) atoms. The minimum absolute atomic E-state index is 0.00589. The van der Waals surface area contributed by atoms with Crippen LogP contribution in [-0.4, -0.2) is 324 Å². The molecule has 3 aromatic heterocycles. The fourth-order valence-electron chi connectivity index (χ4n) is 24.9. The lowest BCUT2D eigenvalue weighted by Gasteiger charge is -2.43. The van der Waals surface area contributed by atoms with Crippen LogP contribution in [0.1, 0.15) is 277 Å². The third-order valence-corrected chi connectivity index (χ3v) is 40.4. The highest BCUT2D eigenvalue weighted by molar-refractivity contribution is 7.90. The Morgan fingerprint density at radius 1 is 0.390 bits per heavy atom. The molecule has 0 unspecified atom stereocenters. The topological polar surface area (TPSA) is 351 Å². The summed E-state index contributed by atoms with van der Waals surface area (Å²) in [5, 5.41) is 32.5. The van der Waals surface area contributed by atoms with Gasteiger partial charge in [0.1, 0.15) is 9.84 Å². The molecule has 7 aliphatic heterocycles. The molecule has 812 valence electrons. The lowest BCUT2D eigenvalue weighted by Crippen LogP contribution is -2.61. The number of nitrogens with zero attached hydrogens (tertiary/aromatic N) is 10. The van der Waals surface area contributed by atoms with Crippen molar-refractivity contribution in [2.75, 3.05) is 151 Å². The number of thiophene rings is 3. The predicted molar refractivity (Wildman–Crippen MR) is 579 cm³/mol. The van der Waals surface area contributed by atoms with E-state index in [9.17, 15) is 60.0 Å². The van der Waals surface area contributed by atoms with Gasteiger partial charge in [0, 0.05) is 168 Å². The van der Waals surface area contributed by atoms with Crippen LogP contribution in [0, 0.1) is 39.4 Å². The number of likely N-dealkylation sites (N-methyl/N-ethyl adjacent to an activating group) is 1. The summed E-state index contributed by atoms with van der Waals surface area (Å²) < 4.78 is 48.3. The van der Waals surface area contributed by atoms with Crippen molar-refractivity contribution >= 4 is 107 Å². The molecule has 13 fully saturated rings. The van der Waals surface area contributed by atoms with E-state index in [0.717, 1.165) is 196 Å². The number of likely N-dealkylation sites (tertiary alicyclic amines) is 7. The van der Waals surface area contributed by atoms with Crippen LogP contribution in [0.3, 0.4) is 0 Å². The van der Waals surface area contributed by atoms with Crippen molar-refractivity contribution in [2.24, 2.45) is 39.4 Å². The highest BCUT2D eigenvalue weighted by Crippen LogP contribution is 2.56. The van der Waals surface area contributed by atoms with Crippen molar-refractivity contribution in [3.8, 4) is 0 Å². The van der Waals surface area contributed by atoms with Gasteiger partial charge in [-0.05, 0) is 288 Å². The van der Waals surface area contributed by atoms with Crippen LogP contribution in [0.2, 0.25) is 0 Å². The number of unbranched alkanes of at least 4 members (excludes halogenated alkanes) is 4. The quantitative estimate of drug-likeness (QED) is 0.0192. The molecule has 4 spiro atoms. The lowest BCUT2D eigenvalue weighted by molar-refractivity contribution is -0.142.